The van der Waals surface area contributed by atoms with Crippen LogP contribution >= 0.6 is 0 Å². The molecule has 1 atom stereocenters. The van der Waals surface area contributed by atoms with Crippen molar-refractivity contribution in [3.8, 4) is 5.88 Å². The molecule has 1 aromatic heterocycles. The number of ether oxygens (including phenoxy) is 1. The normalized spacial score (nSPS) is 13.0. The number of rotatable bonds is 7. The molecule has 114 valence electrons. The summed E-state index contributed by atoms with van der Waals surface area (Å²) in [6.45, 7) is 6.44. The first-order chi connectivity index (χ1) is 9.93. The molecule has 0 bridgehead atoms. The van der Waals surface area contributed by atoms with Crippen molar-refractivity contribution in [1.82, 2.24) is 4.98 Å². The zero-order valence-electron chi connectivity index (χ0n) is 12.4. The highest BCUT2D eigenvalue weighted by atomic mass is 32.2. The second-order valence-electron chi connectivity index (χ2n) is 5.18. The zero-order chi connectivity index (χ0) is 15.7. The fourth-order valence-electron chi connectivity index (χ4n) is 1.18. The average Bonchev–Trinajstić information content (AvgIpc) is 2.44. The molecule has 0 N–H and O–H groups in total. The van der Waals surface area contributed by atoms with Gasteiger partial charge in [0.1, 0.15) is 16.1 Å². The third kappa shape index (κ3) is 6.99. The molecule has 0 aromatic carbocycles. The molecule has 1 heterocycles. The molecule has 0 fully saturated rings. The quantitative estimate of drug-likeness (QED) is 0.193. The van der Waals surface area contributed by atoms with Crippen molar-refractivity contribution in [2.45, 2.75) is 31.9 Å². The van der Waals surface area contributed by atoms with Gasteiger partial charge < -0.3 is 9.29 Å². The molecule has 7 nitrogen and oxygen atoms in total. The molecule has 0 saturated heterocycles. The summed E-state index contributed by atoms with van der Waals surface area (Å²) >= 11 is -1.28. The summed E-state index contributed by atoms with van der Waals surface area (Å²) in [6.07, 6.45) is 3.78. The van der Waals surface area contributed by atoms with E-state index < -0.39 is 11.4 Å². The van der Waals surface area contributed by atoms with E-state index in [0.717, 1.165) is 5.56 Å². The van der Waals surface area contributed by atoms with Gasteiger partial charge >= 0.3 is 0 Å². The monoisotopic (exact) mass is 309 g/mol. The molecule has 0 saturated carbocycles. The van der Waals surface area contributed by atoms with E-state index in [9.17, 15) is 4.55 Å². The van der Waals surface area contributed by atoms with E-state index in [-0.39, 0.29) is 4.75 Å². The van der Waals surface area contributed by atoms with Gasteiger partial charge in [-0.3, -0.25) is 0 Å². The van der Waals surface area contributed by atoms with Crippen LogP contribution in [0.5, 0.6) is 5.88 Å². The van der Waals surface area contributed by atoms with Crippen molar-refractivity contribution in [2.75, 3.05) is 13.2 Å². The number of hydrogen-bond donors (Lipinski definition) is 0. The van der Waals surface area contributed by atoms with Gasteiger partial charge in [0, 0.05) is 29.3 Å². The van der Waals surface area contributed by atoms with Crippen molar-refractivity contribution < 1.29 is 9.29 Å². The SMILES string of the molecule is CC(C)(C)[S+]([O-])N=Cc1ccc(OCCCN=[N+]=[N-])nc1. The molecule has 21 heavy (non-hydrogen) atoms. The Kier molecular flexibility index (Phi) is 7.01. The van der Waals surface area contributed by atoms with Gasteiger partial charge in [-0.1, -0.05) is 9.51 Å². The van der Waals surface area contributed by atoms with E-state index in [1.165, 1.54) is 0 Å². The van der Waals surface area contributed by atoms with Gasteiger partial charge in [0.25, 0.3) is 0 Å². The first kappa shape index (κ1) is 17.3. The lowest BCUT2D eigenvalue weighted by molar-refractivity contribution is 0.301. The Morgan fingerprint density at radius 2 is 2.24 bits per heavy atom. The smallest absolute Gasteiger partial charge is 0.213 e. The van der Waals surface area contributed by atoms with Crippen LogP contribution < -0.4 is 4.74 Å². The number of azide groups is 1. The number of nitrogens with zero attached hydrogens (tertiary/aromatic N) is 5. The van der Waals surface area contributed by atoms with Gasteiger partial charge in [-0.15, -0.1) is 0 Å². The van der Waals surface area contributed by atoms with Crippen molar-refractivity contribution in [3.05, 3.63) is 34.3 Å². The Labute approximate surface area is 127 Å². The summed E-state index contributed by atoms with van der Waals surface area (Å²) in [5, 5.41) is 3.41. The van der Waals surface area contributed by atoms with Gasteiger partial charge in [0.15, 0.2) is 0 Å². The second-order valence-corrected chi connectivity index (χ2v) is 7.12. The lowest BCUT2D eigenvalue weighted by Crippen LogP contribution is -2.25. The van der Waals surface area contributed by atoms with Crippen LogP contribution in [0.1, 0.15) is 32.8 Å². The van der Waals surface area contributed by atoms with Crippen LogP contribution in [0.2, 0.25) is 0 Å². The topological polar surface area (TPSA) is 106 Å². The minimum absolute atomic E-state index is 0.376. The van der Waals surface area contributed by atoms with Gasteiger partial charge in [-0.2, -0.15) is 0 Å². The van der Waals surface area contributed by atoms with Gasteiger partial charge in [-0.05, 0) is 38.8 Å². The minimum Gasteiger partial charge on any atom is -0.591 e. The Morgan fingerprint density at radius 3 is 2.81 bits per heavy atom. The summed E-state index contributed by atoms with van der Waals surface area (Å²) in [5.41, 5.74) is 8.88. The highest BCUT2D eigenvalue weighted by Gasteiger charge is 2.25. The van der Waals surface area contributed by atoms with Gasteiger partial charge in [0.2, 0.25) is 5.88 Å². The van der Waals surface area contributed by atoms with E-state index in [1.54, 1.807) is 24.5 Å². The van der Waals surface area contributed by atoms with Crippen molar-refractivity contribution in [2.24, 2.45) is 9.51 Å². The molecule has 0 aliphatic heterocycles. The van der Waals surface area contributed by atoms with E-state index in [0.29, 0.717) is 25.5 Å². The van der Waals surface area contributed by atoms with E-state index in [1.807, 2.05) is 20.8 Å². The summed E-state index contributed by atoms with van der Waals surface area (Å²) < 4.78 is 20.8. The number of pyridine rings is 1. The molecular formula is C13H19N5O2S. The van der Waals surface area contributed by atoms with Crippen molar-refractivity contribution in [1.29, 1.82) is 0 Å². The fraction of sp³-hybridized carbons (Fsp3) is 0.538. The van der Waals surface area contributed by atoms with Crippen LogP contribution in [-0.2, 0) is 11.4 Å². The Hall–Kier alpha value is -1.76. The fourth-order valence-corrected chi connectivity index (χ4v) is 1.71. The van der Waals surface area contributed by atoms with Gasteiger partial charge in [-0.25, -0.2) is 4.98 Å². The minimum atomic E-state index is -1.28. The molecule has 0 radical (unpaired) electrons. The first-order valence-corrected chi connectivity index (χ1v) is 7.60. The molecule has 1 unspecified atom stereocenters. The molecular weight excluding hydrogens is 290 g/mol. The van der Waals surface area contributed by atoms with E-state index in [4.69, 9.17) is 10.3 Å². The summed E-state index contributed by atoms with van der Waals surface area (Å²) in [6, 6.07) is 3.51. The largest absolute Gasteiger partial charge is 0.591 e. The number of hydrogen-bond acceptors (Lipinski definition) is 5. The van der Waals surface area contributed by atoms with Crippen LogP contribution in [0, 0.1) is 0 Å². The summed E-state index contributed by atoms with van der Waals surface area (Å²) in [5.74, 6) is 0.491. The third-order valence-electron chi connectivity index (χ3n) is 2.30. The standard InChI is InChI=1S/C13H19N5O2S/c1-13(2,3)21(19)17-10-11-5-6-12(15-9-11)20-8-4-7-16-18-14/h5-6,9-10H,4,7-8H2,1-3H3. The average molecular weight is 309 g/mol. The van der Waals surface area contributed by atoms with E-state index in [2.05, 4.69) is 19.4 Å². The van der Waals surface area contributed by atoms with Crippen LogP contribution in [0.15, 0.2) is 27.8 Å². The maximum atomic E-state index is 11.8. The summed E-state index contributed by atoms with van der Waals surface area (Å²) in [4.78, 5) is 6.78. The van der Waals surface area contributed by atoms with Crippen LogP contribution in [0.3, 0.4) is 0 Å². The maximum absolute atomic E-state index is 11.8. The Balaban J connectivity index is 2.47. The molecule has 0 amide bonds. The second kappa shape index (κ2) is 8.51. The molecule has 0 aliphatic carbocycles. The van der Waals surface area contributed by atoms with Crippen LogP contribution in [-0.4, -0.2) is 33.6 Å². The summed E-state index contributed by atoms with van der Waals surface area (Å²) in [7, 11) is 0. The lowest BCUT2D eigenvalue weighted by Gasteiger charge is -2.17. The van der Waals surface area contributed by atoms with Gasteiger partial charge in [0.05, 0.1) is 12.8 Å². The molecule has 0 spiro atoms. The number of aromatic nitrogens is 1. The van der Waals surface area contributed by atoms with E-state index >= 15 is 0 Å². The Bertz CT molecular complexity index is 506. The lowest BCUT2D eigenvalue weighted by atomic mass is 10.3. The predicted octanol–water partition coefficient (Wildman–Crippen LogP) is 3.04. The highest BCUT2D eigenvalue weighted by molar-refractivity contribution is 7.91. The molecule has 0 aliphatic rings. The first-order valence-electron chi connectivity index (χ1n) is 6.49. The third-order valence-corrected chi connectivity index (χ3v) is 3.64. The maximum Gasteiger partial charge on any atom is 0.213 e. The zero-order valence-corrected chi connectivity index (χ0v) is 13.2. The predicted molar refractivity (Wildman–Crippen MR) is 83.9 cm³/mol. The van der Waals surface area contributed by atoms with Crippen molar-refractivity contribution in [3.63, 3.8) is 0 Å². The molecule has 1 rings (SSSR count). The molecule has 1 aromatic rings. The van der Waals surface area contributed by atoms with Crippen LogP contribution in [0.4, 0.5) is 0 Å². The van der Waals surface area contributed by atoms with Crippen molar-refractivity contribution >= 4 is 17.6 Å². The van der Waals surface area contributed by atoms with Crippen LogP contribution in [0.25, 0.3) is 10.4 Å². The Morgan fingerprint density at radius 1 is 1.48 bits per heavy atom. The molecule has 8 heteroatoms. The highest BCUT2D eigenvalue weighted by Crippen LogP contribution is 2.17.